The van der Waals surface area contributed by atoms with E-state index in [1.165, 1.54) is 18.0 Å². The van der Waals surface area contributed by atoms with Crippen molar-refractivity contribution in [2.24, 2.45) is 0 Å². The highest BCUT2D eigenvalue weighted by atomic mass is 32.2. The van der Waals surface area contributed by atoms with Crippen molar-refractivity contribution in [2.45, 2.75) is 25.5 Å². The largest absolute Gasteiger partial charge is 0.383 e. The van der Waals surface area contributed by atoms with Gasteiger partial charge in [-0.25, -0.2) is 0 Å². The first-order valence-corrected chi connectivity index (χ1v) is 9.86. The van der Waals surface area contributed by atoms with E-state index < -0.39 is 0 Å². The number of benzene rings is 1. The van der Waals surface area contributed by atoms with Gasteiger partial charge < -0.3 is 15.5 Å². The lowest BCUT2D eigenvalue weighted by Crippen LogP contribution is -2.32. The lowest BCUT2D eigenvalue weighted by Gasteiger charge is -2.16. The van der Waals surface area contributed by atoms with Crippen LogP contribution in [0.4, 0.5) is 5.69 Å². The second-order valence-electron chi connectivity index (χ2n) is 6.17. The van der Waals surface area contributed by atoms with Crippen LogP contribution in [0.2, 0.25) is 0 Å². The smallest absolute Gasteiger partial charge is 0.242 e. The van der Waals surface area contributed by atoms with Crippen LogP contribution in [0.5, 0.6) is 0 Å². The summed E-state index contributed by atoms with van der Waals surface area (Å²) in [7, 11) is 0. The molecule has 1 unspecified atom stereocenters. The quantitative estimate of drug-likeness (QED) is 0.520. The number of nitrogens with one attached hydrogen (secondary N) is 2. The van der Waals surface area contributed by atoms with E-state index >= 15 is 0 Å². The normalized spacial score (nSPS) is 18.1. The van der Waals surface area contributed by atoms with Crippen LogP contribution in [0.3, 0.4) is 0 Å². The van der Waals surface area contributed by atoms with Crippen LogP contribution >= 0.6 is 11.8 Å². The number of amides is 2. The molecule has 1 aliphatic rings. The Morgan fingerprint density at radius 1 is 1.46 bits per heavy atom. The molecule has 28 heavy (non-hydrogen) atoms. The number of hydrogen-bond acceptors (Lipinski definition) is 5. The molecule has 0 spiro atoms. The second kappa shape index (κ2) is 10.4. The highest BCUT2D eigenvalue weighted by molar-refractivity contribution is 8.04. The second-order valence-corrected chi connectivity index (χ2v) is 7.37. The zero-order valence-corrected chi connectivity index (χ0v) is 16.9. The molecule has 2 rings (SSSR count). The summed E-state index contributed by atoms with van der Waals surface area (Å²) in [6, 6.07) is 10.0. The summed E-state index contributed by atoms with van der Waals surface area (Å²) in [5.74, 6) is -0.366. The number of nitriles is 1. The lowest BCUT2D eigenvalue weighted by molar-refractivity contribution is -0.127. The van der Waals surface area contributed by atoms with E-state index in [1.54, 1.807) is 17.1 Å². The van der Waals surface area contributed by atoms with Gasteiger partial charge in [-0.05, 0) is 37.6 Å². The summed E-state index contributed by atoms with van der Waals surface area (Å²) in [5, 5.41) is 15.6. The Balaban J connectivity index is 2.12. The first-order chi connectivity index (χ1) is 13.5. The van der Waals surface area contributed by atoms with Crippen LogP contribution < -0.4 is 10.6 Å². The predicted molar refractivity (Wildman–Crippen MR) is 113 cm³/mol. The first kappa shape index (κ1) is 21.3. The zero-order valence-electron chi connectivity index (χ0n) is 16.1. The molecule has 1 fully saturated rings. The van der Waals surface area contributed by atoms with Crippen LogP contribution in [0.25, 0.3) is 0 Å². The number of aryl methyl sites for hydroxylation is 1. The molecule has 1 saturated heterocycles. The number of hydrogen-bond donors (Lipinski definition) is 2. The molecule has 0 radical (unpaired) electrons. The minimum absolute atomic E-state index is 0.0534. The minimum Gasteiger partial charge on any atom is -0.383 e. The van der Waals surface area contributed by atoms with E-state index in [0.717, 1.165) is 11.3 Å². The van der Waals surface area contributed by atoms with Gasteiger partial charge in [0, 0.05) is 25.0 Å². The van der Waals surface area contributed by atoms with Gasteiger partial charge in [-0.1, -0.05) is 36.5 Å². The Hall–Kier alpha value is -2.98. The molecule has 7 heteroatoms. The fraction of sp³-hybridized carbons (Fsp3) is 0.286. The molecule has 1 atom stereocenters. The Kier molecular flexibility index (Phi) is 7.90. The van der Waals surface area contributed by atoms with Crippen molar-refractivity contribution < 1.29 is 9.59 Å². The molecular formula is C21H24N4O2S. The van der Waals surface area contributed by atoms with Crippen molar-refractivity contribution in [1.82, 2.24) is 10.2 Å². The molecule has 0 aliphatic carbocycles. The lowest BCUT2D eigenvalue weighted by atomic mass is 10.2. The third kappa shape index (κ3) is 5.51. The maximum atomic E-state index is 12.8. The summed E-state index contributed by atoms with van der Waals surface area (Å²) in [5.41, 5.74) is 2.37. The third-order valence-corrected chi connectivity index (χ3v) is 5.42. The molecule has 2 amide bonds. The van der Waals surface area contributed by atoms with Crippen molar-refractivity contribution >= 4 is 29.3 Å². The van der Waals surface area contributed by atoms with E-state index in [4.69, 9.17) is 0 Å². The van der Waals surface area contributed by atoms with Crippen molar-refractivity contribution in [3.8, 4) is 6.07 Å². The van der Waals surface area contributed by atoms with E-state index in [0.29, 0.717) is 23.7 Å². The average Bonchev–Trinajstić information content (AvgIpc) is 3.00. The summed E-state index contributed by atoms with van der Waals surface area (Å²) >= 11 is 1.33. The summed E-state index contributed by atoms with van der Waals surface area (Å²) < 4.78 is 0. The molecule has 1 aromatic rings. The number of nitrogens with zero attached hydrogens (tertiary/aromatic N) is 2. The van der Waals surface area contributed by atoms with Gasteiger partial charge in [-0.15, -0.1) is 0 Å². The van der Waals surface area contributed by atoms with Gasteiger partial charge in [-0.2, -0.15) is 5.26 Å². The minimum atomic E-state index is -0.345. The van der Waals surface area contributed by atoms with Gasteiger partial charge in [0.1, 0.15) is 5.25 Å². The van der Waals surface area contributed by atoms with Crippen molar-refractivity contribution in [1.29, 1.82) is 5.26 Å². The number of thioether (sulfide) groups is 1. The molecule has 2 N–H and O–H groups in total. The van der Waals surface area contributed by atoms with Crippen LogP contribution in [0.1, 0.15) is 18.9 Å². The van der Waals surface area contributed by atoms with Gasteiger partial charge in [0.15, 0.2) is 0 Å². The average molecular weight is 397 g/mol. The topological polar surface area (TPSA) is 85.2 Å². The van der Waals surface area contributed by atoms with E-state index in [2.05, 4.69) is 23.3 Å². The summed E-state index contributed by atoms with van der Waals surface area (Å²) in [6.45, 7) is 8.29. The standard InChI is InChI=1S/C21H24N4O2S/c1-4-6-10-23-19(26)12-16(13-22)21-25(5-2)20(27)18(28-21)14-24-17-9-7-8-15(3)11-17/h4,6-11,18,24H,1,5,12,14H2,2-3H3,(H,23,26)/b10-6-,21-16+. The van der Waals surface area contributed by atoms with E-state index in [1.807, 2.05) is 38.1 Å². The summed E-state index contributed by atoms with van der Waals surface area (Å²) in [6.07, 6.45) is 4.52. The maximum absolute atomic E-state index is 12.8. The molecule has 0 bridgehead atoms. The predicted octanol–water partition coefficient (Wildman–Crippen LogP) is 3.31. The Bertz CT molecular complexity index is 854. The first-order valence-electron chi connectivity index (χ1n) is 8.98. The van der Waals surface area contributed by atoms with Crippen LogP contribution in [-0.4, -0.2) is 35.1 Å². The number of allylic oxidation sites excluding steroid dienone is 2. The third-order valence-electron chi connectivity index (χ3n) is 4.07. The summed E-state index contributed by atoms with van der Waals surface area (Å²) in [4.78, 5) is 26.4. The number of rotatable bonds is 8. The molecule has 1 heterocycles. The van der Waals surface area contributed by atoms with E-state index in [9.17, 15) is 14.9 Å². The highest BCUT2D eigenvalue weighted by Crippen LogP contribution is 2.38. The van der Waals surface area contributed by atoms with Gasteiger partial charge in [0.05, 0.1) is 23.1 Å². The molecule has 6 nitrogen and oxygen atoms in total. The molecule has 0 saturated carbocycles. The fourth-order valence-corrected chi connectivity index (χ4v) is 4.00. The Morgan fingerprint density at radius 3 is 2.89 bits per heavy atom. The van der Waals surface area contributed by atoms with Gasteiger partial charge in [-0.3, -0.25) is 9.59 Å². The van der Waals surface area contributed by atoms with Crippen molar-refractivity contribution in [2.75, 3.05) is 18.4 Å². The molecule has 1 aromatic carbocycles. The molecule has 0 aromatic heterocycles. The van der Waals surface area contributed by atoms with Crippen LogP contribution in [0, 0.1) is 18.3 Å². The molecule has 1 aliphatic heterocycles. The van der Waals surface area contributed by atoms with Gasteiger partial charge >= 0.3 is 0 Å². The number of carbonyl (C=O) groups is 2. The SMILES string of the molecule is C=C/C=C\NC(=O)C/C(C#N)=C1\SC(CNc2cccc(C)c2)C(=O)N1CC. The fourth-order valence-electron chi connectivity index (χ4n) is 2.73. The number of carbonyl (C=O) groups excluding carboxylic acids is 2. The maximum Gasteiger partial charge on any atom is 0.242 e. The Labute approximate surface area is 170 Å². The van der Waals surface area contributed by atoms with Gasteiger partial charge in [0.25, 0.3) is 0 Å². The van der Waals surface area contributed by atoms with Crippen LogP contribution in [-0.2, 0) is 9.59 Å². The monoisotopic (exact) mass is 396 g/mol. The van der Waals surface area contributed by atoms with Crippen LogP contribution in [0.15, 0.2) is 59.8 Å². The van der Waals surface area contributed by atoms with Crippen molar-refractivity contribution in [3.05, 3.63) is 65.4 Å². The van der Waals surface area contributed by atoms with Gasteiger partial charge in [0.2, 0.25) is 11.8 Å². The number of anilines is 1. The molecular weight excluding hydrogens is 372 g/mol. The highest BCUT2D eigenvalue weighted by Gasteiger charge is 2.37. The van der Waals surface area contributed by atoms with Crippen molar-refractivity contribution in [3.63, 3.8) is 0 Å². The Morgan fingerprint density at radius 2 is 2.25 bits per heavy atom. The zero-order chi connectivity index (χ0) is 20.5. The molecule has 146 valence electrons. The van der Waals surface area contributed by atoms with E-state index in [-0.39, 0.29) is 23.5 Å².